The van der Waals surface area contributed by atoms with Crippen molar-refractivity contribution >= 4 is 6.08 Å². The molecule has 0 saturated carbocycles. The van der Waals surface area contributed by atoms with Crippen LogP contribution in [0.3, 0.4) is 0 Å². The standard InChI is InChI=1S/C8H8.C4H6.FH/c1-2-8-6-4-3-5-7-8;1-3-4-2;/h2-7H,1H2;3-4H,1-2H2;1H. The highest BCUT2D eigenvalue weighted by Crippen LogP contribution is 1.97. The van der Waals surface area contributed by atoms with Gasteiger partial charge in [-0.1, -0.05) is 68.3 Å². The van der Waals surface area contributed by atoms with E-state index in [1.807, 2.05) is 36.4 Å². The van der Waals surface area contributed by atoms with Gasteiger partial charge in [0.1, 0.15) is 0 Å². The van der Waals surface area contributed by atoms with Crippen LogP contribution < -0.4 is 0 Å². The zero-order valence-corrected chi connectivity index (χ0v) is 7.65. The Bertz CT molecular complexity index is 231. The van der Waals surface area contributed by atoms with Gasteiger partial charge < -0.3 is 0 Å². The minimum atomic E-state index is 0. The van der Waals surface area contributed by atoms with E-state index >= 15 is 0 Å². The SMILES string of the molecule is C=CC=C.C=Cc1ccccc1.F. The highest BCUT2D eigenvalue weighted by atomic mass is 19.0. The number of hydrogen-bond donors (Lipinski definition) is 0. The fourth-order valence-electron chi connectivity index (χ4n) is 0.589. The molecule has 0 nitrogen and oxygen atoms in total. The van der Waals surface area contributed by atoms with E-state index in [4.69, 9.17) is 0 Å². The van der Waals surface area contributed by atoms with Crippen molar-refractivity contribution in [2.24, 2.45) is 0 Å². The third-order valence-electron chi connectivity index (χ3n) is 1.20. The van der Waals surface area contributed by atoms with Crippen molar-refractivity contribution in [3.8, 4) is 0 Å². The summed E-state index contributed by atoms with van der Waals surface area (Å²) in [5.41, 5.74) is 1.17. The molecule has 0 heterocycles. The summed E-state index contributed by atoms with van der Waals surface area (Å²) in [6.45, 7) is 10.4. The van der Waals surface area contributed by atoms with Gasteiger partial charge in [-0.3, -0.25) is 4.70 Å². The van der Waals surface area contributed by atoms with Gasteiger partial charge in [0.15, 0.2) is 0 Å². The van der Waals surface area contributed by atoms with Crippen molar-refractivity contribution in [2.45, 2.75) is 0 Å². The first kappa shape index (κ1) is 13.9. The van der Waals surface area contributed by atoms with E-state index in [0.29, 0.717) is 0 Å². The summed E-state index contributed by atoms with van der Waals surface area (Å²) in [6.07, 6.45) is 5.11. The molecule has 0 aliphatic rings. The molecular formula is C12H15F. The number of hydrogen-bond acceptors (Lipinski definition) is 0. The van der Waals surface area contributed by atoms with Gasteiger partial charge in [0.25, 0.3) is 0 Å². The summed E-state index contributed by atoms with van der Waals surface area (Å²) < 4.78 is 0. The van der Waals surface area contributed by atoms with Crippen LogP contribution in [0.15, 0.2) is 62.2 Å². The molecule has 0 amide bonds. The average molecular weight is 178 g/mol. The monoisotopic (exact) mass is 178 g/mol. The van der Waals surface area contributed by atoms with E-state index in [0.717, 1.165) is 0 Å². The zero-order chi connectivity index (χ0) is 9.23. The minimum Gasteiger partial charge on any atom is -0.269 e. The van der Waals surface area contributed by atoms with E-state index in [-0.39, 0.29) is 4.70 Å². The van der Waals surface area contributed by atoms with E-state index < -0.39 is 0 Å². The second-order valence-electron chi connectivity index (χ2n) is 2.09. The Balaban J connectivity index is 0. The van der Waals surface area contributed by atoms with Gasteiger partial charge in [-0.2, -0.15) is 0 Å². The van der Waals surface area contributed by atoms with Crippen LogP contribution in [0.2, 0.25) is 0 Å². The van der Waals surface area contributed by atoms with Gasteiger partial charge >= 0.3 is 0 Å². The smallest absolute Gasteiger partial charge is 0.0263 e. The average Bonchev–Trinajstić information content (AvgIpc) is 2.19. The topological polar surface area (TPSA) is 0 Å². The van der Waals surface area contributed by atoms with Crippen molar-refractivity contribution in [1.29, 1.82) is 0 Å². The molecule has 1 heteroatoms. The Morgan fingerprint density at radius 1 is 0.846 bits per heavy atom. The summed E-state index contributed by atoms with van der Waals surface area (Å²) in [7, 11) is 0. The highest BCUT2D eigenvalue weighted by Gasteiger charge is 1.75. The predicted octanol–water partition coefficient (Wildman–Crippen LogP) is 3.84. The van der Waals surface area contributed by atoms with Crippen molar-refractivity contribution in [2.75, 3.05) is 0 Å². The lowest BCUT2D eigenvalue weighted by molar-refractivity contribution is 1.11. The maximum Gasteiger partial charge on any atom is -0.0263 e. The van der Waals surface area contributed by atoms with E-state index in [9.17, 15) is 0 Å². The second kappa shape index (κ2) is 10.4. The van der Waals surface area contributed by atoms with Crippen LogP contribution in [0.25, 0.3) is 6.08 Å². The number of allylic oxidation sites excluding steroid dienone is 2. The molecule has 0 aliphatic carbocycles. The van der Waals surface area contributed by atoms with Gasteiger partial charge in [-0.25, -0.2) is 0 Å². The van der Waals surface area contributed by atoms with Crippen LogP contribution in [-0.2, 0) is 0 Å². The molecule has 0 unspecified atom stereocenters. The molecule has 0 fully saturated rings. The molecule has 1 aromatic rings. The molecule has 0 saturated heterocycles. The normalized spacial score (nSPS) is 6.77. The largest absolute Gasteiger partial charge is 0.269 e. The Morgan fingerprint density at radius 3 is 1.54 bits per heavy atom. The molecule has 0 spiro atoms. The van der Waals surface area contributed by atoms with Crippen molar-refractivity contribution in [3.63, 3.8) is 0 Å². The predicted molar refractivity (Wildman–Crippen MR) is 59.4 cm³/mol. The highest BCUT2D eigenvalue weighted by molar-refractivity contribution is 5.45. The summed E-state index contributed by atoms with van der Waals surface area (Å²) in [4.78, 5) is 0. The maximum absolute atomic E-state index is 3.63. The van der Waals surface area contributed by atoms with Crippen LogP contribution >= 0.6 is 0 Å². The maximum atomic E-state index is 3.63. The molecule has 70 valence electrons. The van der Waals surface area contributed by atoms with Gasteiger partial charge in [-0.15, -0.1) is 0 Å². The second-order valence-corrected chi connectivity index (χ2v) is 2.09. The Labute approximate surface area is 79.3 Å². The van der Waals surface area contributed by atoms with E-state index in [1.165, 1.54) is 5.56 Å². The quantitative estimate of drug-likeness (QED) is 0.603. The van der Waals surface area contributed by atoms with Crippen LogP contribution in [0.4, 0.5) is 4.70 Å². The van der Waals surface area contributed by atoms with Crippen molar-refractivity contribution in [1.82, 2.24) is 0 Å². The zero-order valence-electron chi connectivity index (χ0n) is 7.65. The first-order valence-electron chi connectivity index (χ1n) is 3.76. The Morgan fingerprint density at radius 2 is 1.31 bits per heavy atom. The van der Waals surface area contributed by atoms with Crippen LogP contribution in [-0.4, -0.2) is 0 Å². The Hall–Kier alpha value is -1.63. The lowest BCUT2D eigenvalue weighted by atomic mass is 10.2. The molecule has 0 radical (unpaired) electrons. The molecular weight excluding hydrogens is 163 g/mol. The van der Waals surface area contributed by atoms with Crippen LogP contribution in [0, 0.1) is 0 Å². The minimum absolute atomic E-state index is 0. The van der Waals surface area contributed by atoms with E-state index in [2.05, 4.69) is 19.7 Å². The van der Waals surface area contributed by atoms with Gasteiger partial charge in [0.2, 0.25) is 0 Å². The lowest BCUT2D eigenvalue weighted by Crippen LogP contribution is -1.63. The summed E-state index contributed by atoms with van der Waals surface area (Å²) >= 11 is 0. The van der Waals surface area contributed by atoms with Gasteiger partial charge in [-0.05, 0) is 5.56 Å². The fraction of sp³-hybridized carbons (Fsp3) is 0. The summed E-state index contributed by atoms with van der Waals surface area (Å²) in [5, 5.41) is 0. The molecule has 0 atom stereocenters. The van der Waals surface area contributed by atoms with Crippen LogP contribution in [0.1, 0.15) is 5.56 Å². The molecule has 0 bridgehead atoms. The van der Waals surface area contributed by atoms with E-state index in [1.54, 1.807) is 12.2 Å². The first-order valence-corrected chi connectivity index (χ1v) is 3.76. The molecule has 1 aromatic carbocycles. The number of benzene rings is 1. The van der Waals surface area contributed by atoms with Gasteiger partial charge in [0, 0.05) is 0 Å². The fourth-order valence-corrected chi connectivity index (χ4v) is 0.589. The Kier molecular flexibility index (Phi) is 11.1. The first-order chi connectivity index (χ1) is 5.85. The van der Waals surface area contributed by atoms with Crippen molar-refractivity contribution < 1.29 is 4.70 Å². The molecule has 1 rings (SSSR count). The molecule has 0 aliphatic heterocycles. The van der Waals surface area contributed by atoms with Crippen LogP contribution in [0.5, 0.6) is 0 Å². The third kappa shape index (κ3) is 8.27. The number of rotatable bonds is 2. The van der Waals surface area contributed by atoms with Crippen molar-refractivity contribution in [3.05, 3.63) is 67.8 Å². The third-order valence-corrected chi connectivity index (χ3v) is 1.20. The summed E-state index contributed by atoms with van der Waals surface area (Å²) in [6, 6.07) is 10.0. The lowest BCUT2D eigenvalue weighted by Gasteiger charge is -1.85. The molecule has 0 aromatic heterocycles. The molecule has 0 N–H and O–H groups in total. The summed E-state index contributed by atoms with van der Waals surface area (Å²) in [5.74, 6) is 0. The molecule has 13 heavy (non-hydrogen) atoms. The van der Waals surface area contributed by atoms with Gasteiger partial charge in [0.05, 0.1) is 0 Å². The number of halogens is 1.